The second-order valence-electron chi connectivity index (χ2n) is 9.97. The van der Waals surface area contributed by atoms with E-state index in [1.165, 1.54) is 27.4 Å². The van der Waals surface area contributed by atoms with E-state index in [1.54, 1.807) is 0 Å². The lowest BCUT2D eigenvalue weighted by molar-refractivity contribution is 0.355. The summed E-state index contributed by atoms with van der Waals surface area (Å²) in [5.74, 6) is 0. The Hall–Kier alpha value is -2.65. The summed E-state index contributed by atoms with van der Waals surface area (Å²) in [6, 6.07) is 19.2. The predicted molar refractivity (Wildman–Crippen MR) is 146 cm³/mol. The third kappa shape index (κ3) is 5.47. The first-order valence-corrected chi connectivity index (χ1v) is 12.7. The van der Waals surface area contributed by atoms with Gasteiger partial charge >= 0.3 is 0 Å². The quantitative estimate of drug-likeness (QED) is 0.432. The fourth-order valence-corrected chi connectivity index (χ4v) is 6.28. The zero-order valence-electron chi connectivity index (χ0n) is 20.6. The molecule has 1 aliphatic heterocycles. The number of fused-ring (bicyclic) bond motifs is 1. The molecule has 2 aromatic carbocycles. The summed E-state index contributed by atoms with van der Waals surface area (Å²) < 4.78 is 0. The van der Waals surface area contributed by atoms with Gasteiger partial charge in [-0.25, -0.2) is 0 Å². The zero-order valence-corrected chi connectivity index (χ0v) is 21.4. The minimum atomic E-state index is -0.0511. The molecule has 172 valence electrons. The molecule has 0 radical (unpaired) electrons. The number of allylic oxidation sites excluding steroid dienone is 6. The summed E-state index contributed by atoms with van der Waals surface area (Å²) in [6.45, 7) is 10.3. The van der Waals surface area contributed by atoms with E-state index in [-0.39, 0.29) is 10.3 Å². The molecule has 1 heterocycles. The van der Waals surface area contributed by atoms with Crippen molar-refractivity contribution in [3.8, 4) is 0 Å². The number of hydrogen-bond acceptors (Lipinski definition) is 3. The summed E-state index contributed by atoms with van der Waals surface area (Å²) in [4.78, 5) is 5.99. The first-order chi connectivity index (χ1) is 15.8. The molecule has 2 aliphatic rings. The van der Waals surface area contributed by atoms with E-state index >= 15 is 0 Å². The van der Waals surface area contributed by atoms with Crippen molar-refractivity contribution >= 4 is 23.1 Å². The second-order valence-corrected chi connectivity index (χ2v) is 11.4. The Bertz CT molecular complexity index is 1090. The maximum atomic E-state index is 2.50. The minimum absolute atomic E-state index is 0.0511. The zero-order chi connectivity index (χ0) is 23.5. The average Bonchev–Trinajstić information content (AvgIpc) is 3.08. The van der Waals surface area contributed by atoms with E-state index in [2.05, 4.69) is 136 Å². The molecule has 0 aromatic heterocycles. The predicted octanol–water partition coefficient (Wildman–Crippen LogP) is 8.21. The van der Waals surface area contributed by atoms with Crippen molar-refractivity contribution in [2.75, 3.05) is 23.4 Å². The van der Waals surface area contributed by atoms with Crippen LogP contribution in [0.15, 0.2) is 107 Å². The Kier molecular flexibility index (Phi) is 6.90. The monoisotopic (exact) mass is 456 g/mol. The van der Waals surface area contributed by atoms with Crippen LogP contribution in [-0.4, -0.2) is 18.5 Å². The fourth-order valence-electron chi connectivity index (χ4n) is 4.92. The number of likely N-dealkylation sites (N-methyl/N-ethyl adjacent to an activating group) is 1. The van der Waals surface area contributed by atoms with E-state index in [0.29, 0.717) is 0 Å². The Morgan fingerprint density at radius 2 is 1.73 bits per heavy atom. The standard InChI is InChI=1S/C30H36N2S/c1-6-32-27-16-10-11-17-28(27)33-30(32,4)19-12-13-24-21-25(23-29(2,3)22-24)18-20-31(5)26-14-8-7-9-15-26/h7-21H,6,22-23H2,1-5H3. The van der Waals surface area contributed by atoms with Gasteiger partial charge in [0.25, 0.3) is 0 Å². The van der Waals surface area contributed by atoms with Gasteiger partial charge in [-0.1, -0.05) is 74.2 Å². The highest BCUT2D eigenvalue weighted by Gasteiger charge is 2.37. The molecule has 0 fully saturated rings. The summed E-state index contributed by atoms with van der Waals surface area (Å²) >= 11 is 1.95. The van der Waals surface area contributed by atoms with E-state index < -0.39 is 0 Å². The summed E-state index contributed by atoms with van der Waals surface area (Å²) in [5, 5.41) is 0. The molecule has 2 nitrogen and oxygen atoms in total. The van der Waals surface area contributed by atoms with Gasteiger partial charge in [-0.2, -0.15) is 0 Å². The number of anilines is 2. The van der Waals surface area contributed by atoms with Crippen molar-refractivity contribution in [1.82, 2.24) is 0 Å². The molecule has 4 rings (SSSR count). The van der Waals surface area contributed by atoms with E-state index in [1.807, 2.05) is 11.8 Å². The number of hydrogen-bond donors (Lipinski definition) is 0. The van der Waals surface area contributed by atoms with Crippen LogP contribution in [0.4, 0.5) is 11.4 Å². The SMILES string of the molecule is CCN1c2ccccc2SC1(C)C=CC=C1C=C(C=CN(C)c2ccccc2)CC(C)(C)C1. The molecule has 2 aromatic rings. The highest BCUT2D eigenvalue weighted by atomic mass is 32.2. The molecule has 0 N–H and O–H groups in total. The molecule has 1 atom stereocenters. The van der Waals surface area contributed by atoms with Crippen molar-refractivity contribution in [3.63, 3.8) is 0 Å². The van der Waals surface area contributed by atoms with Crippen LogP contribution in [0.5, 0.6) is 0 Å². The van der Waals surface area contributed by atoms with Gasteiger partial charge in [0, 0.05) is 30.4 Å². The van der Waals surface area contributed by atoms with Crippen LogP contribution < -0.4 is 9.80 Å². The molecule has 0 amide bonds. The molecule has 0 spiro atoms. The van der Waals surface area contributed by atoms with Gasteiger partial charge in [-0.05, 0) is 79.7 Å². The highest BCUT2D eigenvalue weighted by Crippen LogP contribution is 2.50. The smallest absolute Gasteiger partial charge is 0.107 e. The van der Waals surface area contributed by atoms with Crippen molar-refractivity contribution in [3.05, 3.63) is 102 Å². The van der Waals surface area contributed by atoms with Crippen LogP contribution in [0.3, 0.4) is 0 Å². The number of para-hydroxylation sites is 2. The van der Waals surface area contributed by atoms with Gasteiger partial charge in [0.2, 0.25) is 0 Å². The summed E-state index contributed by atoms with van der Waals surface area (Å²) in [7, 11) is 2.11. The van der Waals surface area contributed by atoms with Crippen LogP contribution in [-0.2, 0) is 0 Å². The molecule has 1 aliphatic carbocycles. The summed E-state index contributed by atoms with van der Waals surface area (Å²) in [5.41, 5.74) is 5.59. The number of thioether (sulfide) groups is 1. The van der Waals surface area contributed by atoms with Crippen LogP contribution in [0.1, 0.15) is 40.5 Å². The van der Waals surface area contributed by atoms with Crippen molar-refractivity contribution in [2.45, 2.75) is 50.3 Å². The van der Waals surface area contributed by atoms with E-state index in [0.717, 1.165) is 19.4 Å². The van der Waals surface area contributed by atoms with Crippen LogP contribution >= 0.6 is 11.8 Å². The molecular formula is C30H36N2S. The van der Waals surface area contributed by atoms with Gasteiger partial charge < -0.3 is 9.80 Å². The van der Waals surface area contributed by atoms with Gasteiger partial charge in [-0.3, -0.25) is 0 Å². The van der Waals surface area contributed by atoms with Gasteiger partial charge in [0.15, 0.2) is 0 Å². The Balaban J connectivity index is 1.52. The van der Waals surface area contributed by atoms with Gasteiger partial charge in [-0.15, -0.1) is 0 Å². The number of nitrogens with zero attached hydrogens (tertiary/aromatic N) is 2. The Labute approximate surface area is 204 Å². The second kappa shape index (κ2) is 9.69. The van der Waals surface area contributed by atoms with Gasteiger partial charge in [0.05, 0.1) is 5.69 Å². The molecule has 1 unspecified atom stereocenters. The molecule has 33 heavy (non-hydrogen) atoms. The molecule has 0 bridgehead atoms. The first kappa shape index (κ1) is 23.5. The Morgan fingerprint density at radius 3 is 2.48 bits per heavy atom. The third-order valence-corrected chi connectivity index (χ3v) is 7.79. The van der Waals surface area contributed by atoms with Crippen molar-refractivity contribution < 1.29 is 0 Å². The normalized spacial score (nSPS) is 23.4. The maximum absolute atomic E-state index is 2.50. The third-order valence-electron chi connectivity index (χ3n) is 6.45. The Morgan fingerprint density at radius 1 is 1.00 bits per heavy atom. The van der Waals surface area contributed by atoms with Gasteiger partial charge in [0.1, 0.15) is 4.87 Å². The topological polar surface area (TPSA) is 6.48 Å². The minimum Gasteiger partial charge on any atom is -0.353 e. The lowest BCUT2D eigenvalue weighted by Crippen LogP contribution is -2.38. The number of benzene rings is 2. The van der Waals surface area contributed by atoms with Crippen molar-refractivity contribution in [2.24, 2.45) is 5.41 Å². The molecule has 0 saturated carbocycles. The maximum Gasteiger partial charge on any atom is 0.107 e. The summed E-state index contributed by atoms with van der Waals surface area (Å²) in [6.07, 6.45) is 16.0. The molecular weight excluding hydrogens is 420 g/mol. The van der Waals surface area contributed by atoms with Crippen LogP contribution in [0.2, 0.25) is 0 Å². The lowest BCUT2D eigenvalue weighted by Gasteiger charge is -2.33. The molecule has 0 saturated heterocycles. The number of rotatable bonds is 6. The fraction of sp³-hybridized carbons (Fsp3) is 0.333. The first-order valence-electron chi connectivity index (χ1n) is 11.9. The average molecular weight is 457 g/mol. The van der Waals surface area contributed by atoms with Crippen molar-refractivity contribution in [1.29, 1.82) is 0 Å². The van der Waals surface area contributed by atoms with E-state index in [9.17, 15) is 0 Å². The molecule has 3 heteroatoms. The highest BCUT2D eigenvalue weighted by molar-refractivity contribution is 8.01. The lowest BCUT2D eigenvalue weighted by atomic mass is 9.75. The van der Waals surface area contributed by atoms with E-state index in [4.69, 9.17) is 0 Å². The largest absolute Gasteiger partial charge is 0.353 e. The van der Waals surface area contributed by atoms with Crippen LogP contribution in [0, 0.1) is 5.41 Å². The van der Waals surface area contributed by atoms with Crippen LogP contribution in [0.25, 0.3) is 0 Å².